The summed E-state index contributed by atoms with van der Waals surface area (Å²) >= 11 is 0. The molecule has 0 bridgehead atoms. The minimum Gasteiger partial charge on any atom is -0.340 e. The van der Waals surface area contributed by atoms with Gasteiger partial charge in [0.15, 0.2) is 11.6 Å². The van der Waals surface area contributed by atoms with Crippen molar-refractivity contribution in [1.82, 2.24) is 19.4 Å². The number of halogens is 3. The molecular weight excluding hydrogens is 573 g/mol. The van der Waals surface area contributed by atoms with E-state index in [1.54, 1.807) is 26.1 Å². The Morgan fingerprint density at radius 3 is 2.52 bits per heavy atom. The first kappa shape index (κ1) is 29.1. The van der Waals surface area contributed by atoms with Gasteiger partial charge < -0.3 is 15.1 Å². The minimum atomic E-state index is -1.22. The molecule has 44 heavy (non-hydrogen) atoms. The fourth-order valence-electron chi connectivity index (χ4n) is 6.18. The Kier molecular flexibility index (Phi) is 7.02. The van der Waals surface area contributed by atoms with Gasteiger partial charge in [-0.05, 0) is 43.5 Å². The van der Waals surface area contributed by atoms with Crippen LogP contribution in [0.1, 0.15) is 37.9 Å². The summed E-state index contributed by atoms with van der Waals surface area (Å²) in [6.45, 7) is 10.6. The van der Waals surface area contributed by atoms with Crippen LogP contribution in [-0.2, 0) is 9.59 Å². The number of pyridine rings is 1. The molecule has 2 atom stereocenters. The molecule has 2 aromatic carbocycles. The van der Waals surface area contributed by atoms with E-state index in [1.165, 1.54) is 28.0 Å². The van der Waals surface area contributed by atoms with E-state index in [4.69, 9.17) is 0 Å². The number of aryl methyl sites for hydroxylation is 1. The van der Waals surface area contributed by atoms with Crippen molar-refractivity contribution in [2.45, 2.75) is 45.7 Å². The number of piperazine rings is 1. The molecule has 4 heterocycles. The highest BCUT2D eigenvalue weighted by Gasteiger charge is 2.43. The number of anilines is 2. The molecular formula is C32H29F3N6O3. The van der Waals surface area contributed by atoms with E-state index in [2.05, 4.69) is 21.9 Å². The van der Waals surface area contributed by atoms with Gasteiger partial charge in [0, 0.05) is 24.3 Å². The molecule has 1 saturated heterocycles. The lowest BCUT2D eigenvalue weighted by molar-refractivity contribution is -0.130. The van der Waals surface area contributed by atoms with Crippen molar-refractivity contribution in [2.24, 2.45) is 0 Å². The predicted molar refractivity (Wildman–Crippen MR) is 160 cm³/mol. The number of nitrogens with one attached hydrogen (secondary N) is 1. The summed E-state index contributed by atoms with van der Waals surface area (Å²) in [5, 5.41) is 2.41. The van der Waals surface area contributed by atoms with Crippen LogP contribution in [0.2, 0.25) is 0 Å². The van der Waals surface area contributed by atoms with Crippen molar-refractivity contribution in [3.05, 3.63) is 88.4 Å². The number of carbonyl (C=O) groups excluding carboxylic acids is 2. The molecule has 2 unspecified atom stereocenters. The molecule has 0 radical (unpaired) electrons. The Labute approximate surface area is 250 Å². The van der Waals surface area contributed by atoms with Crippen molar-refractivity contribution in [2.75, 3.05) is 23.3 Å². The number of benzene rings is 2. The number of hydrogen-bond donors (Lipinski definition) is 1. The lowest BCUT2D eigenvalue weighted by Crippen LogP contribution is -2.62. The number of aromatic nitrogens is 3. The monoisotopic (exact) mass is 602 g/mol. The molecule has 1 N–H and O–H groups in total. The van der Waals surface area contributed by atoms with Crippen molar-refractivity contribution in [1.29, 1.82) is 0 Å². The Balaban J connectivity index is 1.78. The third-order valence-electron chi connectivity index (χ3n) is 8.28. The zero-order valence-electron chi connectivity index (χ0n) is 24.5. The van der Waals surface area contributed by atoms with Gasteiger partial charge in [0.2, 0.25) is 11.8 Å². The molecule has 9 nitrogen and oxygen atoms in total. The van der Waals surface area contributed by atoms with Gasteiger partial charge in [-0.15, -0.1) is 0 Å². The van der Waals surface area contributed by atoms with E-state index in [9.17, 15) is 14.4 Å². The number of carbonyl (C=O) groups is 2. The molecule has 226 valence electrons. The maximum absolute atomic E-state index is 17.0. The summed E-state index contributed by atoms with van der Waals surface area (Å²) in [6.07, 6.45) is 2.70. The Morgan fingerprint density at radius 2 is 1.84 bits per heavy atom. The number of amides is 2. The highest BCUT2D eigenvalue weighted by atomic mass is 19.1. The van der Waals surface area contributed by atoms with Crippen molar-refractivity contribution in [3.8, 4) is 16.8 Å². The Bertz CT molecular complexity index is 1960. The quantitative estimate of drug-likeness (QED) is 0.336. The van der Waals surface area contributed by atoms with Gasteiger partial charge in [-0.1, -0.05) is 38.6 Å². The van der Waals surface area contributed by atoms with Gasteiger partial charge >= 0.3 is 5.69 Å². The summed E-state index contributed by atoms with van der Waals surface area (Å²) in [4.78, 5) is 52.1. The smallest absolute Gasteiger partial charge is 0.340 e. The van der Waals surface area contributed by atoms with Crippen molar-refractivity contribution in [3.63, 3.8) is 0 Å². The summed E-state index contributed by atoms with van der Waals surface area (Å²) in [5.74, 6) is -4.77. The summed E-state index contributed by atoms with van der Waals surface area (Å²) in [6, 6.07) is 5.18. The standard InChI is InChI=1S/C32H29F3N6O3/c1-6-21(42)39-14-20-31(43)37-27-23-29(25(35)22(24(27)34)18-9-7-8-10-19(18)33)41(28-16(4)11-12-36-26(28)15(2)3)32(44)38-30(23)40(20)13-17(39)5/h6-12,15,17,20H,1,13-14H2,2-5H3,(H,37,43). The molecule has 2 aliphatic heterocycles. The van der Waals surface area contributed by atoms with Crippen LogP contribution in [0.5, 0.6) is 0 Å². The average molecular weight is 603 g/mol. The van der Waals surface area contributed by atoms with Gasteiger partial charge in [-0.25, -0.2) is 18.0 Å². The largest absolute Gasteiger partial charge is 0.354 e. The van der Waals surface area contributed by atoms with Crippen LogP contribution < -0.4 is 15.9 Å². The van der Waals surface area contributed by atoms with Crippen LogP contribution in [0.3, 0.4) is 0 Å². The first-order valence-electron chi connectivity index (χ1n) is 14.1. The molecule has 2 aliphatic rings. The summed E-state index contributed by atoms with van der Waals surface area (Å²) in [5.41, 5.74) is -1.58. The summed E-state index contributed by atoms with van der Waals surface area (Å²) < 4.78 is 49.8. The van der Waals surface area contributed by atoms with Crippen LogP contribution in [0, 0.1) is 24.4 Å². The second kappa shape index (κ2) is 10.6. The molecule has 2 aromatic heterocycles. The maximum atomic E-state index is 17.0. The Morgan fingerprint density at radius 1 is 1.11 bits per heavy atom. The number of rotatable bonds is 4. The Hall–Kier alpha value is -5.00. The number of fused-ring (bicyclic) bond motifs is 2. The van der Waals surface area contributed by atoms with Crippen LogP contribution in [0.15, 0.2) is 54.0 Å². The van der Waals surface area contributed by atoms with Gasteiger partial charge in [0.1, 0.15) is 23.2 Å². The zero-order chi connectivity index (χ0) is 31.6. The fraction of sp³-hybridized carbons (Fsp3) is 0.281. The van der Waals surface area contributed by atoms with Crippen LogP contribution in [-0.4, -0.2) is 56.4 Å². The fourth-order valence-corrected chi connectivity index (χ4v) is 6.18. The third-order valence-corrected chi connectivity index (χ3v) is 8.28. The predicted octanol–water partition coefficient (Wildman–Crippen LogP) is 4.84. The van der Waals surface area contributed by atoms with Crippen LogP contribution >= 0.6 is 0 Å². The highest BCUT2D eigenvalue weighted by molar-refractivity contribution is 6.13. The SMILES string of the molecule is C=CC(=O)N1CC2C(=O)Nc3c(F)c(-c4ccccc4F)c(F)c4c3c(nc(=O)n4-c3c(C)ccnc3C(C)C)N2CC1C. The maximum Gasteiger partial charge on any atom is 0.354 e. The molecule has 4 aromatic rings. The van der Waals surface area contributed by atoms with Gasteiger partial charge in [-0.2, -0.15) is 4.98 Å². The van der Waals surface area contributed by atoms with Gasteiger partial charge in [0.25, 0.3) is 0 Å². The van der Waals surface area contributed by atoms with E-state index in [1.807, 2.05) is 13.8 Å². The number of hydrogen-bond acceptors (Lipinski definition) is 6. The first-order valence-corrected chi connectivity index (χ1v) is 14.1. The molecule has 0 aliphatic carbocycles. The molecule has 0 spiro atoms. The normalized spacial score (nSPS) is 17.9. The highest BCUT2D eigenvalue weighted by Crippen LogP contribution is 2.45. The first-order chi connectivity index (χ1) is 21.0. The molecule has 1 fully saturated rings. The summed E-state index contributed by atoms with van der Waals surface area (Å²) in [7, 11) is 0. The van der Waals surface area contributed by atoms with Gasteiger partial charge in [-0.3, -0.25) is 19.1 Å². The average Bonchev–Trinajstić information content (AvgIpc) is 3.10. The molecule has 6 rings (SSSR count). The van der Waals surface area contributed by atoms with E-state index < -0.39 is 63.9 Å². The van der Waals surface area contributed by atoms with Crippen molar-refractivity contribution < 1.29 is 22.8 Å². The van der Waals surface area contributed by atoms with Gasteiger partial charge in [0.05, 0.1) is 34.6 Å². The van der Waals surface area contributed by atoms with Crippen molar-refractivity contribution >= 4 is 34.2 Å². The van der Waals surface area contributed by atoms with E-state index in [0.717, 1.165) is 16.7 Å². The second-order valence-electron chi connectivity index (χ2n) is 11.4. The van der Waals surface area contributed by atoms with Crippen LogP contribution in [0.25, 0.3) is 27.7 Å². The van der Waals surface area contributed by atoms with Crippen LogP contribution in [0.4, 0.5) is 24.7 Å². The molecule has 0 saturated carbocycles. The van der Waals surface area contributed by atoms with E-state index >= 15 is 13.2 Å². The minimum absolute atomic E-state index is 0.0319. The molecule has 2 amide bonds. The lowest BCUT2D eigenvalue weighted by Gasteiger charge is -2.44. The van der Waals surface area contributed by atoms with E-state index in [-0.39, 0.29) is 41.4 Å². The van der Waals surface area contributed by atoms with E-state index in [0.29, 0.717) is 11.3 Å². The molecule has 12 heteroatoms. The topological polar surface area (TPSA) is 100 Å². The second-order valence-corrected chi connectivity index (χ2v) is 11.4. The lowest BCUT2D eigenvalue weighted by atomic mass is 9.98. The zero-order valence-corrected chi connectivity index (χ0v) is 24.5. The number of nitrogens with zero attached hydrogens (tertiary/aromatic N) is 5. The third kappa shape index (κ3) is 4.27.